The molecule has 0 unspecified atom stereocenters. The van der Waals surface area contributed by atoms with Crippen LogP contribution in [0.4, 0.5) is 0 Å². The molecule has 0 aromatic heterocycles. The Morgan fingerprint density at radius 3 is 2.36 bits per heavy atom. The molecule has 0 aliphatic rings. The summed E-state index contributed by atoms with van der Waals surface area (Å²) < 4.78 is 0. The molecule has 0 fully saturated rings. The van der Waals surface area contributed by atoms with Crippen molar-refractivity contribution in [2.45, 2.75) is 40.0 Å². The van der Waals surface area contributed by atoms with Crippen LogP contribution in [0.3, 0.4) is 0 Å². The van der Waals surface area contributed by atoms with Gasteiger partial charge in [-0.3, -0.25) is 0 Å². The van der Waals surface area contributed by atoms with Crippen LogP contribution in [0.5, 0.6) is 0 Å². The highest BCUT2D eigenvalue weighted by Crippen LogP contribution is 2.21. The van der Waals surface area contributed by atoms with Crippen molar-refractivity contribution in [2.24, 2.45) is 5.41 Å². The van der Waals surface area contributed by atoms with Crippen LogP contribution in [-0.4, -0.2) is 17.5 Å². The fraction of sp³-hybridized carbons (Fsp3) is 0.889. The zero-order valence-electron chi connectivity index (χ0n) is 7.68. The molecule has 1 N–H and O–H groups in total. The summed E-state index contributed by atoms with van der Waals surface area (Å²) in [5.74, 6) is 0.235. The van der Waals surface area contributed by atoms with E-state index in [9.17, 15) is 4.79 Å². The minimum Gasteiger partial charge on any atom is -0.396 e. The number of carbonyl (C=O) groups excluding carboxylic acids is 1. The highest BCUT2D eigenvalue weighted by molar-refractivity contribution is 5.75. The normalized spacial score (nSPS) is 11.6. The van der Waals surface area contributed by atoms with Gasteiger partial charge in [-0.1, -0.05) is 13.8 Å². The summed E-state index contributed by atoms with van der Waals surface area (Å²) >= 11 is 0. The van der Waals surface area contributed by atoms with Gasteiger partial charge in [0.2, 0.25) is 0 Å². The van der Waals surface area contributed by atoms with E-state index in [1.807, 2.05) is 13.8 Å². The predicted octanol–water partition coefficient (Wildman–Crippen LogP) is 1.76. The topological polar surface area (TPSA) is 37.3 Å². The summed E-state index contributed by atoms with van der Waals surface area (Å²) in [6.45, 7) is 5.82. The Labute approximate surface area is 68.6 Å². The maximum Gasteiger partial charge on any atom is 0.129 e. The van der Waals surface area contributed by atoms with E-state index in [2.05, 4.69) is 0 Å². The van der Waals surface area contributed by atoms with Gasteiger partial charge >= 0.3 is 0 Å². The average Bonchev–Trinajstić information content (AvgIpc) is 1.87. The summed E-state index contributed by atoms with van der Waals surface area (Å²) in [4.78, 5) is 10.6. The van der Waals surface area contributed by atoms with Gasteiger partial charge in [-0.2, -0.15) is 0 Å². The number of aliphatic hydroxyl groups excluding tert-OH is 1. The third-order valence-corrected chi connectivity index (χ3v) is 1.81. The molecule has 0 amide bonds. The number of aliphatic hydroxyl groups is 1. The largest absolute Gasteiger partial charge is 0.396 e. The lowest BCUT2D eigenvalue weighted by atomic mass is 9.88. The number of Topliss-reactive ketones (excluding diaryl/α,β-unsaturated/α-hetero) is 1. The molecule has 66 valence electrons. The lowest BCUT2D eigenvalue weighted by Crippen LogP contribution is -2.16. The van der Waals surface area contributed by atoms with Crippen LogP contribution >= 0.6 is 0 Å². The maximum absolute atomic E-state index is 10.6. The summed E-state index contributed by atoms with van der Waals surface area (Å²) in [5, 5.41) is 8.87. The molecule has 0 heterocycles. The van der Waals surface area contributed by atoms with Gasteiger partial charge in [0.15, 0.2) is 0 Å². The Kier molecular flexibility index (Phi) is 4.34. The highest BCUT2D eigenvalue weighted by Gasteiger charge is 2.15. The second-order valence-electron chi connectivity index (χ2n) is 3.88. The molecule has 0 aliphatic heterocycles. The molecule has 11 heavy (non-hydrogen) atoms. The first-order valence-corrected chi connectivity index (χ1v) is 4.08. The average molecular weight is 158 g/mol. The molecule has 0 rings (SSSR count). The van der Waals surface area contributed by atoms with E-state index < -0.39 is 0 Å². The molecule has 0 aromatic rings. The lowest BCUT2D eigenvalue weighted by Gasteiger charge is -2.20. The van der Waals surface area contributed by atoms with Gasteiger partial charge in [0.1, 0.15) is 5.78 Å². The SMILES string of the molecule is CC(=O)CCCC(C)(C)CO. The van der Waals surface area contributed by atoms with Gasteiger partial charge in [0.25, 0.3) is 0 Å². The molecule has 0 radical (unpaired) electrons. The molecule has 0 aromatic carbocycles. The van der Waals surface area contributed by atoms with Crippen molar-refractivity contribution in [2.75, 3.05) is 6.61 Å². The zero-order valence-corrected chi connectivity index (χ0v) is 7.68. The predicted molar refractivity (Wildman–Crippen MR) is 45.4 cm³/mol. The zero-order chi connectivity index (χ0) is 8.91. The first-order valence-electron chi connectivity index (χ1n) is 4.08. The fourth-order valence-electron chi connectivity index (χ4n) is 0.895. The van der Waals surface area contributed by atoms with Crippen LogP contribution < -0.4 is 0 Å². The van der Waals surface area contributed by atoms with Gasteiger partial charge in [-0.25, -0.2) is 0 Å². The Morgan fingerprint density at radius 1 is 1.45 bits per heavy atom. The third kappa shape index (κ3) is 6.05. The third-order valence-electron chi connectivity index (χ3n) is 1.81. The number of hydrogen-bond acceptors (Lipinski definition) is 2. The van der Waals surface area contributed by atoms with E-state index in [1.54, 1.807) is 6.92 Å². The quantitative estimate of drug-likeness (QED) is 0.662. The molecule has 0 saturated carbocycles. The summed E-state index contributed by atoms with van der Waals surface area (Å²) in [7, 11) is 0. The molecule has 0 bridgehead atoms. The minimum absolute atomic E-state index is 0.0184. The molecule has 0 aliphatic carbocycles. The summed E-state index contributed by atoms with van der Waals surface area (Å²) in [5.41, 5.74) is -0.0184. The molecular formula is C9H18O2. The maximum atomic E-state index is 10.6. The van der Waals surface area contributed by atoms with Crippen molar-refractivity contribution < 1.29 is 9.90 Å². The Balaban J connectivity index is 3.45. The van der Waals surface area contributed by atoms with Crippen molar-refractivity contribution in [1.82, 2.24) is 0 Å². The van der Waals surface area contributed by atoms with Gasteiger partial charge in [0.05, 0.1) is 0 Å². The first kappa shape index (κ1) is 10.6. The first-order chi connectivity index (χ1) is 4.98. The molecule has 2 nitrogen and oxygen atoms in total. The van der Waals surface area contributed by atoms with Gasteiger partial charge in [-0.15, -0.1) is 0 Å². The van der Waals surface area contributed by atoms with Gasteiger partial charge in [0, 0.05) is 13.0 Å². The smallest absolute Gasteiger partial charge is 0.129 e. The van der Waals surface area contributed by atoms with Gasteiger partial charge < -0.3 is 9.90 Å². The number of carbonyl (C=O) groups is 1. The van der Waals surface area contributed by atoms with Crippen LogP contribution in [0.25, 0.3) is 0 Å². The van der Waals surface area contributed by atoms with E-state index in [1.165, 1.54) is 0 Å². The van der Waals surface area contributed by atoms with E-state index >= 15 is 0 Å². The van der Waals surface area contributed by atoms with E-state index in [-0.39, 0.29) is 17.8 Å². The van der Waals surface area contributed by atoms with Crippen LogP contribution in [0.15, 0.2) is 0 Å². The second kappa shape index (κ2) is 4.50. The molecule has 0 spiro atoms. The molecular weight excluding hydrogens is 140 g/mol. The molecule has 0 saturated heterocycles. The standard InChI is InChI=1S/C9H18O2/c1-8(11)5-4-6-9(2,3)7-10/h10H,4-7H2,1-3H3. The second-order valence-corrected chi connectivity index (χ2v) is 3.88. The fourth-order valence-corrected chi connectivity index (χ4v) is 0.895. The minimum atomic E-state index is -0.0184. The van der Waals surface area contributed by atoms with Crippen molar-refractivity contribution in [3.63, 3.8) is 0 Å². The lowest BCUT2D eigenvalue weighted by molar-refractivity contribution is -0.117. The monoisotopic (exact) mass is 158 g/mol. The summed E-state index contributed by atoms with van der Waals surface area (Å²) in [6, 6.07) is 0. The Bertz CT molecular complexity index is 128. The van der Waals surface area contributed by atoms with E-state index in [4.69, 9.17) is 5.11 Å². The number of rotatable bonds is 5. The highest BCUT2D eigenvalue weighted by atomic mass is 16.3. The summed E-state index contributed by atoms with van der Waals surface area (Å²) in [6.07, 6.45) is 2.45. The Hall–Kier alpha value is -0.370. The number of ketones is 1. The van der Waals surface area contributed by atoms with Crippen molar-refractivity contribution in [1.29, 1.82) is 0 Å². The number of hydrogen-bond donors (Lipinski definition) is 1. The van der Waals surface area contributed by atoms with Crippen molar-refractivity contribution >= 4 is 5.78 Å². The van der Waals surface area contributed by atoms with Crippen LogP contribution in [-0.2, 0) is 4.79 Å². The van der Waals surface area contributed by atoms with E-state index in [0.717, 1.165) is 12.8 Å². The molecule has 2 heteroatoms. The van der Waals surface area contributed by atoms with Crippen LogP contribution in [0.2, 0.25) is 0 Å². The van der Waals surface area contributed by atoms with Crippen LogP contribution in [0, 0.1) is 5.41 Å². The van der Waals surface area contributed by atoms with Crippen molar-refractivity contribution in [3.8, 4) is 0 Å². The Morgan fingerprint density at radius 2 is 2.00 bits per heavy atom. The molecule has 0 atom stereocenters. The van der Waals surface area contributed by atoms with E-state index in [0.29, 0.717) is 6.42 Å². The van der Waals surface area contributed by atoms with Crippen molar-refractivity contribution in [3.05, 3.63) is 0 Å². The van der Waals surface area contributed by atoms with Crippen LogP contribution in [0.1, 0.15) is 40.0 Å². The van der Waals surface area contributed by atoms with Gasteiger partial charge in [-0.05, 0) is 25.2 Å².